The van der Waals surface area contributed by atoms with Crippen LogP contribution in [0.2, 0.25) is 0 Å². The maximum atomic E-state index is 2.43. The van der Waals surface area contributed by atoms with Crippen molar-refractivity contribution in [3.8, 4) is 0 Å². The smallest absolute Gasteiger partial charge is 0.0500 e. The summed E-state index contributed by atoms with van der Waals surface area (Å²) in [6.45, 7) is 5.74. The zero-order chi connectivity index (χ0) is 9.47. The molecular weight excluding hydrogens is 273 g/mol. The zero-order valence-electron chi connectivity index (χ0n) is 8.05. The fraction of sp³-hybridized carbons (Fsp3) is 0.455. The number of halogens is 1. The Bertz CT molecular complexity index is 320. The zero-order valence-corrected chi connectivity index (χ0v) is 10.2. The Hall–Kier alpha value is -0.0900. The van der Waals surface area contributed by atoms with Gasteiger partial charge in [0.15, 0.2) is 0 Å². The van der Waals surface area contributed by atoms with Crippen LogP contribution in [-0.2, 0) is 12.0 Å². The molecule has 0 N–H and O–H groups in total. The highest BCUT2D eigenvalue weighted by atomic mass is 127. The molecule has 2 rings (SSSR count). The summed E-state index contributed by atoms with van der Waals surface area (Å²) in [4.78, 5) is 0. The van der Waals surface area contributed by atoms with E-state index < -0.39 is 0 Å². The average molecular weight is 287 g/mol. The quantitative estimate of drug-likeness (QED) is 0.523. The minimum absolute atomic E-state index is 0.190. The molecule has 1 aliphatic rings. The first-order chi connectivity index (χ1) is 6.12. The number of hydrogen-bond donors (Lipinski definition) is 0. The summed E-state index contributed by atoms with van der Waals surface area (Å²) < 4.78 is 2.40. The van der Waals surface area contributed by atoms with Gasteiger partial charge < -0.3 is 0 Å². The standard InChI is InChI=1S/C11H14IN/c1-11(2)10-6-4-3-5-9(10)7-8-13(11)12/h3-6H,7-8H2,1-2H3. The van der Waals surface area contributed by atoms with E-state index in [1.54, 1.807) is 0 Å². The molecule has 0 atom stereocenters. The van der Waals surface area contributed by atoms with Gasteiger partial charge in [0.2, 0.25) is 0 Å². The number of rotatable bonds is 0. The van der Waals surface area contributed by atoms with Crippen molar-refractivity contribution in [2.75, 3.05) is 6.54 Å². The van der Waals surface area contributed by atoms with E-state index in [0.717, 1.165) is 6.54 Å². The van der Waals surface area contributed by atoms with Gasteiger partial charge in [0, 0.05) is 34.9 Å². The number of hydrogen-bond acceptors (Lipinski definition) is 1. The molecule has 0 spiro atoms. The third-order valence-corrected chi connectivity index (χ3v) is 4.55. The summed E-state index contributed by atoms with van der Waals surface area (Å²) in [5, 5.41) is 0. The lowest BCUT2D eigenvalue weighted by molar-refractivity contribution is 0.262. The van der Waals surface area contributed by atoms with Crippen LogP contribution in [0.3, 0.4) is 0 Å². The van der Waals surface area contributed by atoms with Crippen LogP contribution in [0, 0.1) is 0 Å². The first kappa shape index (κ1) is 9.46. The molecule has 0 aromatic heterocycles. The van der Waals surface area contributed by atoms with E-state index in [4.69, 9.17) is 0 Å². The second kappa shape index (κ2) is 3.24. The monoisotopic (exact) mass is 287 g/mol. The summed E-state index contributed by atoms with van der Waals surface area (Å²) in [5.74, 6) is 0. The van der Waals surface area contributed by atoms with Gasteiger partial charge in [-0.1, -0.05) is 24.3 Å². The van der Waals surface area contributed by atoms with Crippen LogP contribution < -0.4 is 0 Å². The lowest BCUT2D eigenvalue weighted by atomic mass is 9.85. The molecule has 70 valence electrons. The second-order valence-corrected chi connectivity index (χ2v) is 5.22. The van der Waals surface area contributed by atoms with E-state index in [9.17, 15) is 0 Å². The molecule has 13 heavy (non-hydrogen) atoms. The predicted octanol–water partition coefficient (Wildman–Crippen LogP) is 3.13. The molecule has 0 aliphatic carbocycles. The van der Waals surface area contributed by atoms with Gasteiger partial charge >= 0.3 is 0 Å². The van der Waals surface area contributed by atoms with Crippen LogP contribution in [-0.4, -0.2) is 9.66 Å². The Morgan fingerprint density at radius 3 is 2.77 bits per heavy atom. The molecule has 0 fully saturated rings. The van der Waals surface area contributed by atoms with E-state index in [1.165, 1.54) is 17.5 Å². The highest BCUT2D eigenvalue weighted by molar-refractivity contribution is 14.1. The Kier molecular flexibility index (Phi) is 2.36. The summed E-state index contributed by atoms with van der Waals surface area (Å²) >= 11 is 2.43. The molecule has 0 bridgehead atoms. The lowest BCUT2D eigenvalue weighted by Crippen LogP contribution is -2.40. The Balaban J connectivity index is 2.52. The van der Waals surface area contributed by atoms with E-state index in [2.05, 4.69) is 64.1 Å². The van der Waals surface area contributed by atoms with E-state index >= 15 is 0 Å². The highest BCUT2D eigenvalue weighted by Crippen LogP contribution is 2.36. The van der Waals surface area contributed by atoms with Gasteiger partial charge in [-0.25, -0.2) is 3.11 Å². The average Bonchev–Trinajstić information content (AvgIpc) is 2.13. The van der Waals surface area contributed by atoms with Crippen LogP contribution in [0.5, 0.6) is 0 Å². The van der Waals surface area contributed by atoms with Crippen LogP contribution in [0.1, 0.15) is 25.0 Å². The summed E-state index contributed by atoms with van der Waals surface area (Å²) in [7, 11) is 0. The normalized spacial score (nSPS) is 21.2. The number of fused-ring (bicyclic) bond motifs is 1. The fourth-order valence-electron chi connectivity index (χ4n) is 1.96. The summed E-state index contributed by atoms with van der Waals surface area (Å²) in [5.41, 5.74) is 3.19. The minimum atomic E-state index is 0.190. The summed E-state index contributed by atoms with van der Waals surface area (Å²) in [6.07, 6.45) is 1.18. The third kappa shape index (κ3) is 1.50. The van der Waals surface area contributed by atoms with Gasteiger partial charge in [-0.2, -0.15) is 0 Å². The third-order valence-electron chi connectivity index (χ3n) is 2.86. The van der Waals surface area contributed by atoms with Crippen LogP contribution in [0.25, 0.3) is 0 Å². The van der Waals surface area contributed by atoms with Crippen molar-refractivity contribution in [3.63, 3.8) is 0 Å². The molecule has 0 amide bonds. The van der Waals surface area contributed by atoms with Crippen molar-refractivity contribution in [2.45, 2.75) is 25.8 Å². The van der Waals surface area contributed by atoms with E-state index in [-0.39, 0.29) is 5.54 Å². The minimum Gasteiger partial charge on any atom is -0.237 e. The van der Waals surface area contributed by atoms with Crippen molar-refractivity contribution in [1.82, 2.24) is 3.11 Å². The van der Waals surface area contributed by atoms with Crippen LogP contribution >= 0.6 is 22.9 Å². The SMILES string of the molecule is CC1(C)c2ccccc2CCN1I. The van der Waals surface area contributed by atoms with Crippen molar-refractivity contribution in [3.05, 3.63) is 35.4 Å². The molecule has 0 saturated carbocycles. The molecule has 0 unspecified atom stereocenters. The van der Waals surface area contributed by atoms with E-state index in [1.807, 2.05) is 0 Å². The Labute approximate surface area is 93.6 Å². The fourth-order valence-corrected chi connectivity index (χ4v) is 2.47. The molecule has 0 saturated heterocycles. The lowest BCUT2D eigenvalue weighted by Gasteiger charge is -2.39. The van der Waals surface area contributed by atoms with Crippen molar-refractivity contribution in [2.24, 2.45) is 0 Å². The molecule has 1 aromatic rings. The number of nitrogens with zero attached hydrogens (tertiary/aromatic N) is 1. The Morgan fingerprint density at radius 2 is 2.00 bits per heavy atom. The first-order valence-corrected chi connectivity index (χ1v) is 5.60. The molecule has 1 nitrogen and oxygen atoms in total. The molecule has 1 aliphatic heterocycles. The van der Waals surface area contributed by atoms with Gasteiger partial charge in [-0.3, -0.25) is 0 Å². The topological polar surface area (TPSA) is 3.24 Å². The molecular formula is C11H14IN. The number of benzene rings is 1. The Morgan fingerprint density at radius 1 is 1.31 bits per heavy atom. The van der Waals surface area contributed by atoms with Crippen molar-refractivity contribution >= 4 is 22.9 Å². The van der Waals surface area contributed by atoms with Gasteiger partial charge in [0.1, 0.15) is 0 Å². The molecule has 1 heterocycles. The first-order valence-electron chi connectivity index (χ1n) is 4.64. The van der Waals surface area contributed by atoms with Gasteiger partial charge in [-0.05, 0) is 31.4 Å². The van der Waals surface area contributed by atoms with Crippen molar-refractivity contribution < 1.29 is 0 Å². The summed E-state index contributed by atoms with van der Waals surface area (Å²) in [6, 6.07) is 8.77. The second-order valence-electron chi connectivity index (χ2n) is 4.05. The largest absolute Gasteiger partial charge is 0.237 e. The van der Waals surface area contributed by atoms with Gasteiger partial charge in [0.25, 0.3) is 0 Å². The molecule has 0 radical (unpaired) electrons. The van der Waals surface area contributed by atoms with Gasteiger partial charge in [0.05, 0.1) is 0 Å². The van der Waals surface area contributed by atoms with Crippen molar-refractivity contribution in [1.29, 1.82) is 0 Å². The molecule has 2 heteroatoms. The maximum Gasteiger partial charge on any atom is 0.0500 e. The highest BCUT2D eigenvalue weighted by Gasteiger charge is 2.32. The maximum absolute atomic E-state index is 2.43. The van der Waals surface area contributed by atoms with Gasteiger partial charge in [-0.15, -0.1) is 0 Å². The predicted molar refractivity (Wildman–Crippen MR) is 63.9 cm³/mol. The van der Waals surface area contributed by atoms with Crippen LogP contribution in [0.15, 0.2) is 24.3 Å². The van der Waals surface area contributed by atoms with Crippen LogP contribution in [0.4, 0.5) is 0 Å². The molecule has 1 aromatic carbocycles. The van der Waals surface area contributed by atoms with E-state index in [0.29, 0.717) is 0 Å².